The Balaban J connectivity index is 1.27. The molecule has 220 valence electrons. The number of nitriles is 1. The maximum absolute atomic E-state index is 9.77. The summed E-state index contributed by atoms with van der Waals surface area (Å²) in [7, 11) is 0. The van der Waals surface area contributed by atoms with Crippen LogP contribution >= 0.6 is 0 Å². The minimum atomic E-state index is 0.273. The fraction of sp³-hybridized carbons (Fsp3) is 0.275. The quantitative estimate of drug-likeness (QED) is 0.206. The topological polar surface area (TPSA) is 75.3 Å². The number of rotatable bonds is 4. The molecule has 4 aromatic carbocycles. The molecule has 2 aliphatic rings. The van der Waals surface area contributed by atoms with Gasteiger partial charge in [-0.25, -0.2) is 15.0 Å². The van der Waals surface area contributed by atoms with E-state index in [9.17, 15) is 5.26 Å². The number of aromatic nitrogens is 4. The first-order valence-electron chi connectivity index (χ1n) is 16.1. The van der Waals surface area contributed by atoms with Crippen molar-refractivity contribution in [3.05, 3.63) is 108 Å². The minimum Gasteiger partial charge on any atom is -0.264 e. The first kappa shape index (κ1) is 27.6. The molecule has 0 aliphatic heterocycles. The first-order valence-corrected chi connectivity index (χ1v) is 16.1. The van der Waals surface area contributed by atoms with Gasteiger partial charge in [0.25, 0.3) is 0 Å². The van der Waals surface area contributed by atoms with Crippen molar-refractivity contribution in [1.29, 1.82) is 5.26 Å². The Kier molecular flexibility index (Phi) is 6.68. The summed E-state index contributed by atoms with van der Waals surface area (Å²) in [5, 5.41) is 13.8. The third-order valence-electron chi connectivity index (χ3n) is 10.2. The molecule has 6 aromatic rings. The van der Waals surface area contributed by atoms with Crippen LogP contribution in [-0.2, 0) is 5.41 Å². The zero-order valence-corrected chi connectivity index (χ0v) is 25.7. The van der Waals surface area contributed by atoms with Crippen LogP contribution in [-0.4, -0.2) is 19.9 Å². The summed E-state index contributed by atoms with van der Waals surface area (Å²) in [5.41, 5.74) is 5.16. The average Bonchev–Trinajstić information content (AvgIpc) is 3.06. The molecule has 0 spiro atoms. The Bertz CT molecular complexity index is 2090. The zero-order chi connectivity index (χ0) is 30.5. The summed E-state index contributed by atoms with van der Waals surface area (Å²) in [4.78, 5) is 19.4. The molecule has 45 heavy (non-hydrogen) atoms. The van der Waals surface area contributed by atoms with Gasteiger partial charge >= 0.3 is 0 Å². The third kappa shape index (κ3) is 4.95. The zero-order valence-electron chi connectivity index (χ0n) is 25.7. The molecule has 2 bridgehead atoms. The van der Waals surface area contributed by atoms with E-state index < -0.39 is 0 Å². The number of nitrogens with zero attached hydrogens (tertiary/aromatic N) is 5. The molecular formula is C40H35N5. The van der Waals surface area contributed by atoms with Crippen molar-refractivity contribution in [2.75, 3.05) is 0 Å². The highest BCUT2D eigenvalue weighted by molar-refractivity contribution is 5.98. The molecule has 8 rings (SSSR count). The van der Waals surface area contributed by atoms with Crippen LogP contribution in [0.25, 0.3) is 55.7 Å². The van der Waals surface area contributed by atoms with Crippen LogP contribution in [0.15, 0.2) is 97.3 Å². The van der Waals surface area contributed by atoms with Gasteiger partial charge < -0.3 is 0 Å². The molecule has 0 amide bonds. The van der Waals surface area contributed by atoms with Crippen LogP contribution in [0.4, 0.5) is 0 Å². The molecule has 0 radical (unpaired) electrons. The summed E-state index contributed by atoms with van der Waals surface area (Å²) in [5.74, 6) is 4.24. The second-order valence-corrected chi connectivity index (χ2v) is 13.6. The van der Waals surface area contributed by atoms with Gasteiger partial charge in [-0.3, -0.25) is 4.98 Å². The van der Waals surface area contributed by atoms with E-state index in [4.69, 9.17) is 15.0 Å². The molecule has 2 unspecified atom stereocenters. The Morgan fingerprint density at radius 3 is 2.13 bits per heavy atom. The number of hydrogen-bond acceptors (Lipinski definition) is 5. The van der Waals surface area contributed by atoms with Crippen LogP contribution in [0, 0.1) is 29.1 Å². The highest BCUT2D eigenvalue weighted by Gasteiger charge is 2.45. The van der Waals surface area contributed by atoms with E-state index in [-0.39, 0.29) is 5.41 Å². The number of pyridine rings is 1. The van der Waals surface area contributed by atoms with Gasteiger partial charge in [-0.1, -0.05) is 74.5 Å². The molecule has 2 aliphatic carbocycles. The predicted octanol–water partition coefficient (Wildman–Crippen LogP) is 9.55. The SMILES string of the molecule is C[C@@H]1CC2C[C@H](C)CC(c3ccc(-c4nc(-c5ccc6cnccc6c5)nc(-c5ccc(C#N)c6ccccc56)n4)cc3)(C2)C1. The van der Waals surface area contributed by atoms with Gasteiger partial charge in [0.1, 0.15) is 0 Å². The molecule has 5 heteroatoms. The average molecular weight is 586 g/mol. The summed E-state index contributed by atoms with van der Waals surface area (Å²) in [6.07, 6.45) is 10.3. The molecular weight excluding hydrogens is 550 g/mol. The number of benzene rings is 4. The molecule has 0 saturated heterocycles. The Hall–Kier alpha value is -4.95. The molecule has 2 fully saturated rings. The van der Waals surface area contributed by atoms with Gasteiger partial charge in [0, 0.05) is 39.9 Å². The number of fused-ring (bicyclic) bond motifs is 4. The Morgan fingerprint density at radius 2 is 1.38 bits per heavy atom. The Morgan fingerprint density at radius 1 is 0.689 bits per heavy atom. The summed E-state index contributed by atoms with van der Waals surface area (Å²) in [6.45, 7) is 4.88. The van der Waals surface area contributed by atoms with Crippen molar-refractivity contribution in [3.63, 3.8) is 0 Å². The minimum absolute atomic E-state index is 0.273. The number of hydrogen-bond donors (Lipinski definition) is 0. The molecule has 2 heterocycles. The lowest BCUT2D eigenvalue weighted by atomic mass is 9.54. The van der Waals surface area contributed by atoms with Crippen LogP contribution in [0.2, 0.25) is 0 Å². The highest BCUT2D eigenvalue weighted by Crippen LogP contribution is 2.54. The van der Waals surface area contributed by atoms with E-state index in [1.807, 2.05) is 54.9 Å². The van der Waals surface area contributed by atoms with E-state index in [0.29, 0.717) is 23.0 Å². The van der Waals surface area contributed by atoms with Gasteiger partial charge in [-0.05, 0) is 95.9 Å². The lowest BCUT2D eigenvalue weighted by Crippen LogP contribution is -2.42. The van der Waals surface area contributed by atoms with Crippen molar-refractivity contribution in [2.24, 2.45) is 17.8 Å². The van der Waals surface area contributed by atoms with Crippen molar-refractivity contribution < 1.29 is 0 Å². The van der Waals surface area contributed by atoms with E-state index >= 15 is 0 Å². The maximum Gasteiger partial charge on any atom is 0.164 e. The van der Waals surface area contributed by atoms with Gasteiger partial charge in [0.2, 0.25) is 0 Å². The van der Waals surface area contributed by atoms with E-state index in [1.54, 1.807) is 0 Å². The van der Waals surface area contributed by atoms with Gasteiger partial charge in [-0.2, -0.15) is 5.26 Å². The van der Waals surface area contributed by atoms with Crippen LogP contribution in [0.5, 0.6) is 0 Å². The van der Waals surface area contributed by atoms with Crippen molar-refractivity contribution in [1.82, 2.24) is 19.9 Å². The first-order chi connectivity index (χ1) is 22.0. The Labute approximate surface area is 264 Å². The standard InChI is InChI=1S/C40H35N5/c1-25-17-27-18-26(2)21-40(20-25,22-27)33-12-9-28(10-13-33)37-43-38(30-7-8-32-24-42-16-15-29(32)19-30)45-39(44-37)36-14-11-31(23-41)34-5-3-4-6-35(34)36/h3-16,19,24-27H,17-18,20-22H2,1-2H3/t25-,26+,27?,40?. The summed E-state index contributed by atoms with van der Waals surface area (Å²) in [6, 6.07) is 31.5. The van der Waals surface area contributed by atoms with E-state index in [1.165, 1.54) is 37.7 Å². The molecule has 5 nitrogen and oxygen atoms in total. The van der Waals surface area contributed by atoms with Crippen LogP contribution < -0.4 is 0 Å². The molecule has 2 aromatic heterocycles. The summed E-state index contributed by atoms with van der Waals surface area (Å²) >= 11 is 0. The maximum atomic E-state index is 9.77. The highest BCUT2D eigenvalue weighted by atomic mass is 15.0. The largest absolute Gasteiger partial charge is 0.264 e. The van der Waals surface area contributed by atoms with E-state index in [0.717, 1.165) is 56.0 Å². The van der Waals surface area contributed by atoms with Gasteiger partial charge in [-0.15, -0.1) is 0 Å². The second kappa shape index (κ2) is 10.9. The second-order valence-electron chi connectivity index (χ2n) is 13.6. The fourth-order valence-electron chi connectivity index (χ4n) is 8.60. The lowest BCUT2D eigenvalue weighted by molar-refractivity contribution is 0.0780. The normalized spacial score (nSPS) is 22.7. The monoisotopic (exact) mass is 585 g/mol. The predicted molar refractivity (Wildman–Crippen MR) is 180 cm³/mol. The molecule has 4 atom stereocenters. The summed E-state index contributed by atoms with van der Waals surface area (Å²) < 4.78 is 0. The van der Waals surface area contributed by atoms with Crippen molar-refractivity contribution in [3.8, 4) is 40.2 Å². The lowest BCUT2D eigenvalue weighted by Gasteiger charge is -2.50. The molecule has 0 N–H and O–H groups in total. The van der Waals surface area contributed by atoms with Crippen LogP contribution in [0.1, 0.15) is 57.1 Å². The van der Waals surface area contributed by atoms with Crippen LogP contribution in [0.3, 0.4) is 0 Å². The van der Waals surface area contributed by atoms with E-state index in [2.05, 4.69) is 67.4 Å². The van der Waals surface area contributed by atoms with Crippen molar-refractivity contribution >= 4 is 21.5 Å². The van der Waals surface area contributed by atoms with Gasteiger partial charge in [0.05, 0.1) is 11.6 Å². The molecule has 2 saturated carbocycles. The fourth-order valence-corrected chi connectivity index (χ4v) is 8.60. The van der Waals surface area contributed by atoms with Gasteiger partial charge in [0.15, 0.2) is 17.5 Å². The smallest absolute Gasteiger partial charge is 0.164 e. The van der Waals surface area contributed by atoms with Crippen molar-refractivity contribution in [2.45, 2.75) is 51.4 Å². The third-order valence-corrected chi connectivity index (χ3v) is 10.2.